The number of hydrogen-bond acceptors (Lipinski definition) is 4. The van der Waals surface area contributed by atoms with E-state index in [1.54, 1.807) is 7.11 Å². The van der Waals surface area contributed by atoms with Crippen LogP contribution < -0.4 is 5.32 Å². The number of hydrogen-bond donors (Lipinski definition) is 1. The molecule has 20 heavy (non-hydrogen) atoms. The Balaban J connectivity index is 1.68. The monoisotopic (exact) mass is 293 g/mol. The van der Waals surface area contributed by atoms with E-state index >= 15 is 0 Å². The van der Waals surface area contributed by atoms with Crippen LogP contribution in [0.1, 0.15) is 24.8 Å². The van der Waals surface area contributed by atoms with Crippen LogP contribution >= 0.6 is 11.8 Å². The van der Waals surface area contributed by atoms with E-state index in [0.717, 1.165) is 25.2 Å². The van der Waals surface area contributed by atoms with E-state index in [4.69, 9.17) is 9.47 Å². The molecular weight excluding hydrogens is 270 g/mol. The van der Waals surface area contributed by atoms with Crippen molar-refractivity contribution in [1.29, 1.82) is 0 Å². The van der Waals surface area contributed by atoms with E-state index < -0.39 is 0 Å². The predicted molar refractivity (Wildman–Crippen MR) is 84.4 cm³/mol. The highest BCUT2D eigenvalue weighted by Gasteiger charge is 2.40. The molecule has 1 aromatic rings. The molecule has 2 aliphatic heterocycles. The topological polar surface area (TPSA) is 30.5 Å². The van der Waals surface area contributed by atoms with Crippen LogP contribution in [0.2, 0.25) is 0 Å². The summed E-state index contributed by atoms with van der Waals surface area (Å²) in [6.45, 7) is 1.54. The van der Waals surface area contributed by atoms with E-state index in [1.165, 1.54) is 23.4 Å². The average molecular weight is 293 g/mol. The molecule has 2 aliphatic rings. The van der Waals surface area contributed by atoms with Gasteiger partial charge < -0.3 is 14.8 Å². The van der Waals surface area contributed by atoms with E-state index in [0.29, 0.717) is 12.6 Å². The van der Waals surface area contributed by atoms with Crippen LogP contribution in [0.15, 0.2) is 24.3 Å². The minimum Gasteiger partial charge on any atom is -0.382 e. The predicted octanol–water partition coefficient (Wildman–Crippen LogP) is 3.30. The van der Waals surface area contributed by atoms with Crippen molar-refractivity contribution < 1.29 is 9.47 Å². The summed E-state index contributed by atoms with van der Waals surface area (Å²) in [6, 6.07) is 8.95. The molecule has 2 unspecified atom stereocenters. The third-order valence-electron chi connectivity index (χ3n) is 4.24. The smallest absolute Gasteiger partial charge is 0.0799 e. The van der Waals surface area contributed by atoms with Gasteiger partial charge in [-0.2, -0.15) is 11.8 Å². The minimum atomic E-state index is 0.136. The largest absolute Gasteiger partial charge is 0.382 e. The van der Waals surface area contributed by atoms with Crippen molar-refractivity contribution >= 4 is 17.4 Å². The van der Waals surface area contributed by atoms with Crippen molar-refractivity contribution in [3.8, 4) is 0 Å². The Labute approximate surface area is 125 Å². The molecular formula is C16H23NO2S. The van der Waals surface area contributed by atoms with Crippen LogP contribution in [-0.4, -0.2) is 36.9 Å². The lowest BCUT2D eigenvalue weighted by Gasteiger charge is -2.38. The van der Waals surface area contributed by atoms with Gasteiger partial charge in [0.25, 0.3) is 0 Å². The highest BCUT2D eigenvalue weighted by molar-refractivity contribution is 7.99. The lowest BCUT2D eigenvalue weighted by molar-refractivity contribution is -0.0628. The second-order valence-electron chi connectivity index (χ2n) is 5.76. The highest BCUT2D eigenvalue weighted by atomic mass is 32.2. The Morgan fingerprint density at radius 1 is 1.45 bits per heavy atom. The van der Waals surface area contributed by atoms with Crippen LogP contribution in [0.5, 0.6) is 0 Å². The Morgan fingerprint density at radius 3 is 3.15 bits per heavy atom. The average Bonchev–Trinajstić information content (AvgIpc) is 2.89. The van der Waals surface area contributed by atoms with E-state index in [-0.39, 0.29) is 5.60 Å². The van der Waals surface area contributed by atoms with Crippen LogP contribution in [0.4, 0.5) is 5.69 Å². The number of anilines is 1. The zero-order valence-electron chi connectivity index (χ0n) is 12.1. The van der Waals surface area contributed by atoms with Gasteiger partial charge in [0, 0.05) is 36.8 Å². The number of rotatable bonds is 4. The molecule has 3 nitrogen and oxygen atoms in total. The van der Waals surface area contributed by atoms with Crippen molar-refractivity contribution in [2.75, 3.05) is 30.5 Å². The fourth-order valence-electron chi connectivity index (χ4n) is 3.18. The molecule has 0 bridgehead atoms. The summed E-state index contributed by atoms with van der Waals surface area (Å²) in [6.07, 6.45) is 3.42. The summed E-state index contributed by atoms with van der Waals surface area (Å²) in [4.78, 5) is 0. The molecule has 2 heterocycles. The van der Waals surface area contributed by atoms with Gasteiger partial charge in [-0.1, -0.05) is 18.2 Å². The van der Waals surface area contributed by atoms with Crippen molar-refractivity contribution in [3.63, 3.8) is 0 Å². The number of para-hydroxylation sites is 1. The van der Waals surface area contributed by atoms with Crippen molar-refractivity contribution in [2.45, 2.75) is 37.5 Å². The number of benzene rings is 1. The molecule has 1 N–H and O–H groups in total. The first-order valence-corrected chi connectivity index (χ1v) is 8.52. The quantitative estimate of drug-likeness (QED) is 0.922. The molecule has 2 atom stereocenters. The summed E-state index contributed by atoms with van der Waals surface area (Å²) >= 11 is 2.03. The van der Waals surface area contributed by atoms with E-state index in [9.17, 15) is 0 Å². The number of thioether (sulfide) groups is 1. The summed E-state index contributed by atoms with van der Waals surface area (Å²) in [5.41, 5.74) is 2.58. The maximum atomic E-state index is 6.09. The third kappa shape index (κ3) is 3.13. The number of ether oxygens (including phenoxy) is 2. The standard InChI is InChI=1S/C16H23NO2S/c1-18-11-13-4-2-3-5-15(13)17-14-6-8-19-16(10-14)7-9-20-12-16/h2-5,14,17H,6-12H2,1H3. The van der Waals surface area contributed by atoms with E-state index in [2.05, 4.69) is 29.6 Å². The van der Waals surface area contributed by atoms with Crippen LogP contribution in [0, 0.1) is 0 Å². The zero-order chi connectivity index (χ0) is 13.8. The molecule has 3 rings (SSSR count). The molecule has 0 aromatic heterocycles. The van der Waals surface area contributed by atoms with Gasteiger partial charge in [0.05, 0.1) is 12.2 Å². The van der Waals surface area contributed by atoms with E-state index in [1.807, 2.05) is 11.8 Å². The lowest BCUT2D eigenvalue weighted by atomic mass is 9.89. The SMILES string of the molecule is COCc1ccccc1NC1CCOC2(CCSC2)C1. The molecule has 4 heteroatoms. The third-order valence-corrected chi connectivity index (χ3v) is 5.46. The van der Waals surface area contributed by atoms with Crippen LogP contribution in [-0.2, 0) is 16.1 Å². The van der Waals surface area contributed by atoms with Crippen LogP contribution in [0.25, 0.3) is 0 Å². The van der Waals surface area contributed by atoms with Crippen molar-refractivity contribution in [2.24, 2.45) is 0 Å². The number of methoxy groups -OCH3 is 1. The molecule has 0 radical (unpaired) electrons. The second kappa shape index (κ2) is 6.37. The second-order valence-corrected chi connectivity index (χ2v) is 6.86. The molecule has 2 fully saturated rings. The summed E-state index contributed by atoms with van der Waals surface area (Å²) < 4.78 is 11.4. The van der Waals surface area contributed by atoms with Gasteiger partial charge in [0.1, 0.15) is 0 Å². The summed E-state index contributed by atoms with van der Waals surface area (Å²) in [5, 5.41) is 3.72. The zero-order valence-corrected chi connectivity index (χ0v) is 12.9. The lowest BCUT2D eigenvalue weighted by Crippen LogP contribution is -2.44. The summed E-state index contributed by atoms with van der Waals surface area (Å²) in [5.74, 6) is 2.40. The Kier molecular flexibility index (Phi) is 4.54. The molecule has 110 valence electrons. The highest BCUT2D eigenvalue weighted by Crippen LogP contribution is 2.39. The van der Waals surface area contributed by atoms with Crippen LogP contribution in [0.3, 0.4) is 0 Å². The maximum Gasteiger partial charge on any atom is 0.0799 e. The first-order valence-electron chi connectivity index (χ1n) is 7.36. The van der Waals surface area contributed by atoms with Gasteiger partial charge in [-0.3, -0.25) is 0 Å². The Hall–Kier alpha value is -0.710. The van der Waals surface area contributed by atoms with Gasteiger partial charge in [-0.05, 0) is 31.1 Å². The number of nitrogens with one attached hydrogen (secondary N) is 1. The van der Waals surface area contributed by atoms with Gasteiger partial charge in [0.15, 0.2) is 0 Å². The van der Waals surface area contributed by atoms with Gasteiger partial charge in [-0.15, -0.1) is 0 Å². The normalized spacial score (nSPS) is 29.8. The maximum absolute atomic E-state index is 6.09. The first-order chi connectivity index (χ1) is 9.81. The Bertz CT molecular complexity index is 446. The Morgan fingerprint density at radius 2 is 2.35 bits per heavy atom. The van der Waals surface area contributed by atoms with Crippen molar-refractivity contribution in [3.05, 3.63) is 29.8 Å². The molecule has 2 saturated heterocycles. The van der Waals surface area contributed by atoms with Gasteiger partial charge in [0.2, 0.25) is 0 Å². The van der Waals surface area contributed by atoms with Gasteiger partial charge >= 0.3 is 0 Å². The molecule has 1 aromatic carbocycles. The fourth-order valence-corrected chi connectivity index (χ4v) is 4.55. The fraction of sp³-hybridized carbons (Fsp3) is 0.625. The first kappa shape index (κ1) is 14.2. The molecule has 1 spiro atoms. The van der Waals surface area contributed by atoms with Crippen molar-refractivity contribution in [1.82, 2.24) is 0 Å². The summed E-state index contributed by atoms with van der Waals surface area (Å²) in [7, 11) is 1.75. The van der Waals surface area contributed by atoms with Gasteiger partial charge in [-0.25, -0.2) is 0 Å². The molecule has 0 amide bonds. The minimum absolute atomic E-state index is 0.136. The molecule has 0 aliphatic carbocycles. The molecule has 0 saturated carbocycles.